The van der Waals surface area contributed by atoms with Crippen LogP contribution in [0.4, 0.5) is 0 Å². The van der Waals surface area contributed by atoms with Crippen molar-refractivity contribution in [3.8, 4) is 23.0 Å². The van der Waals surface area contributed by atoms with Gasteiger partial charge in [0.2, 0.25) is 0 Å². The van der Waals surface area contributed by atoms with Crippen LogP contribution in [0.3, 0.4) is 0 Å². The third-order valence-corrected chi connectivity index (χ3v) is 10.5. The molecule has 0 amide bonds. The Labute approximate surface area is 352 Å². The van der Waals surface area contributed by atoms with E-state index in [0.717, 1.165) is 28.2 Å². The first-order valence-electron chi connectivity index (χ1n) is 20.3. The summed E-state index contributed by atoms with van der Waals surface area (Å²) in [4.78, 5) is 10.2. The standard InChI is InChI=1S/C27H30O2.C20H25O.C7H6O2/c1-25(2,3)19-12-14-23-21(16-19)27(28,18-10-8-7-9-11-18)22-17-20(26(4,5)6)13-15-24(22)29-23;1-19(2,3)15-7-11-17(12-8-15)21-18-13-9-16(10-14-18)20(4,5)6;8-7(9)6-4-2-1-3-5-6/h7-17,28H,1-6H3;7-14H,1H2,2-6H3;1-5H,(H,8,9)/q;+1;. The fourth-order valence-corrected chi connectivity index (χ4v) is 6.70. The lowest BCUT2D eigenvalue weighted by atomic mass is 9.74. The van der Waals surface area contributed by atoms with Crippen LogP contribution in [0.25, 0.3) is 0 Å². The Morgan fingerprint density at radius 2 is 0.898 bits per heavy atom. The summed E-state index contributed by atoms with van der Waals surface area (Å²) in [6.45, 7) is 28.1. The van der Waals surface area contributed by atoms with Crippen LogP contribution < -0.4 is 9.47 Å². The van der Waals surface area contributed by atoms with Crippen molar-refractivity contribution in [1.29, 1.82) is 0 Å². The molecule has 1 heterocycles. The second-order valence-electron chi connectivity index (χ2n) is 19.1. The summed E-state index contributed by atoms with van der Waals surface area (Å²) < 4.78 is 12.2. The maximum Gasteiger partial charge on any atom is 0.335 e. The zero-order valence-electron chi connectivity index (χ0n) is 36.7. The summed E-state index contributed by atoms with van der Waals surface area (Å²) in [6.07, 6.45) is 0. The van der Waals surface area contributed by atoms with E-state index in [4.69, 9.17) is 14.6 Å². The van der Waals surface area contributed by atoms with Crippen molar-refractivity contribution < 1.29 is 24.5 Å². The third-order valence-electron chi connectivity index (χ3n) is 10.5. The largest absolute Gasteiger partial charge is 0.478 e. The molecular formula is C54H61O5+. The van der Waals surface area contributed by atoms with Crippen LogP contribution in [0.1, 0.15) is 125 Å². The van der Waals surface area contributed by atoms with Crippen molar-refractivity contribution in [1.82, 2.24) is 0 Å². The molecule has 0 saturated carbocycles. The van der Waals surface area contributed by atoms with Crippen molar-refractivity contribution in [2.45, 2.75) is 103 Å². The number of aliphatic hydroxyl groups is 1. The van der Waals surface area contributed by atoms with Crippen molar-refractivity contribution in [3.63, 3.8) is 0 Å². The molecule has 0 spiro atoms. The number of hydrogen-bond acceptors (Lipinski definition) is 4. The third kappa shape index (κ3) is 10.8. The highest BCUT2D eigenvalue weighted by atomic mass is 16.5. The molecule has 0 atom stereocenters. The maximum atomic E-state index is 12.3. The summed E-state index contributed by atoms with van der Waals surface area (Å²) in [5, 5.41) is 20.7. The molecule has 0 fully saturated rings. The molecule has 2 N–H and O–H groups in total. The van der Waals surface area contributed by atoms with E-state index in [1.54, 1.807) is 30.3 Å². The van der Waals surface area contributed by atoms with Gasteiger partial charge in [-0.25, -0.2) is 4.79 Å². The molecule has 0 aromatic heterocycles. The van der Waals surface area contributed by atoms with Gasteiger partial charge in [-0.05, 0) is 113 Å². The van der Waals surface area contributed by atoms with Crippen LogP contribution in [0.15, 0.2) is 146 Å². The molecule has 1 aliphatic heterocycles. The minimum Gasteiger partial charge on any atom is -0.478 e. The van der Waals surface area contributed by atoms with Crippen LogP contribution in [-0.2, 0) is 27.3 Å². The van der Waals surface area contributed by atoms with Gasteiger partial charge in [-0.3, -0.25) is 0 Å². The first-order chi connectivity index (χ1) is 27.5. The first kappa shape index (κ1) is 44.3. The second kappa shape index (κ2) is 17.2. The van der Waals surface area contributed by atoms with E-state index in [9.17, 15) is 9.90 Å². The zero-order chi connectivity index (χ0) is 43.4. The Hall–Kier alpha value is -5.78. The lowest BCUT2D eigenvalue weighted by Gasteiger charge is -2.38. The van der Waals surface area contributed by atoms with E-state index in [1.165, 1.54) is 22.3 Å². The predicted octanol–water partition coefficient (Wildman–Crippen LogP) is 13.9. The number of fused-ring (bicyclic) bond motifs is 2. The summed E-state index contributed by atoms with van der Waals surface area (Å²) in [6, 6.07) is 47.1. The molecule has 0 unspecified atom stereocenters. The number of hydrogen-bond donors (Lipinski definition) is 2. The van der Waals surface area contributed by atoms with Gasteiger partial charge < -0.3 is 19.7 Å². The molecule has 0 saturated heterocycles. The van der Waals surface area contributed by atoms with Gasteiger partial charge in [0.1, 0.15) is 34.0 Å². The number of carboxylic acids is 1. The van der Waals surface area contributed by atoms with Crippen molar-refractivity contribution in [2.75, 3.05) is 0 Å². The van der Waals surface area contributed by atoms with Crippen LogP contribution >= 0.6 is 0 Å². The summed E-state index contributed by atoms with van der Waals surface area (Å²) in [7, 11) is 0. The molecule has 5 nitrogen and oxygen atoms in total. The van der Waals surface area contributed by atoms with Crippen molar-refractivity contribution in [3.05, 3.63) is 197 Å². The van der Waals surface area contributed by atoms with Gasteiger partial charge in [0.25, 0.3) is 0 Å². The molecule has 306 valence electrons. The Kier molecular flexibility index (Phi) is 12.9. The monoisotopic (exact) mass is 789 g/mol. The average Bonchev–Trinajstić information content (AvgIpc) is 3.18. The second-order valence-corrected chi connectivity index (χ2v) is 19.1. The molecule has 6 aromatic carbocycles. The maximum absolute atomic E-state index is 12.3. The number of benzene rings is 6. The van der Waals surface area contributed by atoms with Gasteiger partial charge in [0.05, 0.1) is 12.5 Å². The Morgan fingerprint density at radius 3 is 1.25 bits per heavy atom. The summed E-state index contributed by atoms with van der Waals surface area (Å²) in [5.41, 5.74) is 6.40. The Bertz CT molecular complexity index is 2190. The van der Waals surface area contributed by atoms with Crippen LogP contribution in [0.2, 0.25) is 0 Å². The highest BCUT2D eigenvalue weighted by molar-refractivity contribution is 5.87. The zero-order valence-corrected chi connectivity index (χ0v) is 36.7. The fourth-order valence-electron chi connectivity index (χ4n) is 6.70. The normalized spacial score (nSPS) is 13.2. The molecule has 6 aromatic rings. The fraction of sp³-hybridized carbons (Fsp3) is 0.296. The van der Waals surface area contributed by atoms with Gasteiger partial charge >= 0.3 is 5.97 Å². The molecule has 1 aliphatic rings. The minimum absolute atomic E-state index is 0.0276. The number of carboxylic acid groups (broad SMARTS) is 1. The van der Waals surface area contributed by atoms with Crippen LogP contribution in [0, 0.1) is 6.92 Å². The van der Waals surface area contributed by atoms with E-state index in [2.05, 4.69) is 132 Å². The van der Waals surface area contributed by atoms with Crippen molar-refractivity contribution in [2.24, 2.45) is 0 Å². The minimum atomic E-state index is -1.27. The SMILES string of the molecule is CC(C)(C)c1ccc2c(c1)C(O)(c1ccccc1)c1cc(C(C)(C)C)ccc1O2.O=C(O)c1ccccc1.[CH2+]C(C)(C)c1ccc(Oc2ccc(C(C)(C)C)cc2)cc1. The molecule has 0 bridgehead atoms. The molecular weight excluding hydrogens is 729 g/mol. The van der Waals surface area contributed by atoms with Crippen LogP contribution in [0.5, 0.6) is 23.0 Å². The lowest BCUT2D eigenvalue weighted by molar-refractivity contribution is 0.0696. The number of ether oxygens (including phenoxy) is 2. The summed E-state index contributed by atoms with van der Waals surface area (Å²) in [5.74, 6) is 2.26. The average molecular weight is 790 g/mol. The molecule has 7 rings (SSSR count). The van der Waals surface area contributed by atoms with E-state index in [1.807, 2.05) is 66.7 Å². The van der Waals surface area contributed by atoms with E-state index < -0.39 is 11.6 Å². The van der Waals surface area contributed by atoms with E-state index in [-0.39, 0.29) is 21.7 Å². The van der Waals surface area contributed by atoms with Gasteiger partial charge in [-0.2, -0.15) is 0 Å². The molecule has 5 heteroatoms. The van der Waals surface area contributed by atoms with Crippen molar-refractivity contribution >= 4 is 5.97 Å². The Balaban J connectivity index is 0.000000192. The predicted molar refractivity (Wildman–Crippen MR) is 242 cm³/mol. The number of aromatic carboxylic acids is 1. The summed E-state index contributed by atoms with van der Waals surface area (Å²) >= 11 is 0. The topological polar surface area (TPSA) is 76.0 Å². The smallest absolute Gasteiger partial charge is 0.335 e. The van der Waals surface area contributed by atoms with E-state index >= 15 is 0 Å². The first-order valence-corrected chi connectivity index (χ1v) is 20.3. The van der Waals surface area contributed by atoms with Gasteiger partial charge in [0.15, 0.2) is 0 Å². The molecule has 0 radical (unpaired) electrons. The van der Waals surface area contributed by atoms with E-state index in [0.29, 0.717) is 17.1 Å². The highest BCUT2D eigenvalue weighted by Crippen LogP contribution is 2.51. The molecule has 59 heavy (non-hydrogen) atoms. The number of rotatable bonds is 5. The number of carbonyl (C=O) groups is 1. The highest BCUT2D eigenvalue weighted by Gasteiger charge is 2.43. The van der Waals surface area contributed by atoms with Gasteiger partial charge in [-0.15, -0.1) is 0 Å². The van der Waals surface area contributed by atoms with Gasteiger partial charge in [-0.1, -0.05) is 147 Å². The van der Waals surface area contributed by atoms with Crippen LogP contribution in [-0.4, -0.2) is 16.2 Å². The van der Waals surface area contributed by atoms with Gasteiger partial charge in [0, 0.05) is 16.7 Å². The quantitative estimate of drug-likeness (QED) is 0.170. The molecule has 0 aliphatic carbocycles. The lowest BCUT2D eigenvalue weighted by Crippen LogP contribution is -2.33. The Morgan fingerprint density at radius 1 is 0.525 bits per heavy atom.